The van der Waals surface area contributed by atoms with E-state index >= 15 is 0 Å². The number of hydrogen-bond acceptors (Lipinski definition) is 4. The van der Waals surface area contributed by atoms with E-state index in [0.29, 0.717) is 0 Å². The molecule has 1 aromatic rings. The molecule has 4 nitrogen and oxygen atoms in total. The van der Waals surface area contributed by atoms with Crippen LogP contribution in [0.15, 0.2) is 18.2 Å². The molecule has 106 valence electrons. The monoisotopic (exact) mass is 263 g/mol. The molecule has 1 unspecified atom stereocenters. The van der Waals surface area contributed by atoms with E-state index in [-0.39, 0.29) is 6.04 Å². The van der Waals surface area contributed by atoms with E-state index in [4.69, 9.17) is 10.5 Å². The van der Waals surface area contributed by atoms with Gasteiger partial charge in [0, 0.05) is 38.8 Å². The fourth-order valence-electron chi connectivity index (χ4n) is 2.55. The maximum atomic E-state index is 6.32. The zero-order valence-corrected chi connectivity index (χ0v) is 12.2. The standard InChI is InChI=1S/C15H25N3O/c1-12-10-13(4-5-15(12)19-3)14(16)11-18-8-6-17(2)7-9-18/h4-5,10,14H,6-9,11,16H2,1-3H3. The summed E-state index contributed by atoms with van der Waals surface area (Å²) < 4.78 is 5.28. The van der Waals surface area contributed by atoms with Crippen molar-refractivity contribution in [3.05, 3.63) is 29.3 Å². The summed E-state index contributed by atoms with van der Waals surface area (Å²) in [4.78, 5) is 4.81. The van der Waals surface area contributed by atoms with Gasteiger partial charge in [-0.25, -0.2) is 0 Å². The van der Waals surface area contributed by atoms with Gasteiger partial charge in [-0.05, 0) is 31.2 Å². The Morgan fingerprint density at radius 2 is 1.95 bits per heavy atom. The highest BCUT2D eigenvalue weighted by Gasteiger charge is 2.17. The van der Waals surface area contributed by atoms with Gasteiger partial charge >= 0.3 is 0 Å². The smallest absolute Gasteiger partial charge is 0.121 e. The Morgan fingerprint density at radius 3 is 2.53 bits per heavy atom. The molecule has 1 heterocycles. The summed E-state index contributed by atoms with van der Waals surface area (Å²) in [5, 5.41) is 0. The van der Waals surface area contributed by atoms with Gasteiger partial charge < -0.3 is 15.4 Å². The molecule has 0 radical (unpaired) electrons. The molecule has 0 spiro atoms. The minimum absolute atomic E-state index is 0.0769. The Hall–Kier alpha value is -1.10. The summed E-state index contributed by atoms with van der Waals surface area (Å²) in [5.74, 6) is 0.926. The lowest BCUT2D eigenvalue weighted by atomic mass is 10.0. The fraction of sp³-hybridized carbons (Fsp3) is 0.600. The Morgan fingerprint density at radius 1 is 1.26 bits per heavy atom. The zero-order chi connectivity index (χ0) is 13.8. The van der Waals surface area contributed by atoms with Gasteiger partial charge in [0.25, 0.3) is 0 Å². The highest BCUT2D eigenvalue weighted by atomic mass is 16.5. The van der Waals surface area contributed by atoms with Gasteiger partial charge in [-0.3, -0.25) is 4.90 Å². The molecule has 1 atom stereocenters. The van der Waals surface area contributed by atoms with Crippen molar-refractivity contribution in [2.75, 3.05) is 46.9 Å². The molecule has 1 aliphatic rings. The molecule has 0 aromatic heterocycles. The number of aryl methyl sites for hydroxylation is 1. The number of hydrogen-bond donors (Lipinski definition) is 1. The Balaban J connectivity index is 1.96. The molecular weight excluding hydrogens is 238 g/mol. The Bertz CT molecular complexity index is 414. The van der Waals surface area contributed by atoms with Crippen molar-refractivity contribution in [3.63, 3.8) is 0 Å². The van der Waals surface area contributed by atoms with E-state index in [1.165, 1.54) is 5.56 Å². The van der Waals surface area contributed by atoms with E-state index in [0.717, 1.165) is 44.0 Å². The Kier molecular flexibility index (Phi) is 4.80. The predicted molar refractivity (Wildman–Crippen MR) is 78.6 cm³/mol. The van der Waals surface area contributed by atoms with Crippen molar-refractivity contribution in [2.24, 2.45) is 5.73 Å². The van der Waals surface area contributed by atoms with Gasteiger partial charge in [-0.2, -0.15) is 0 Å². The molecule has 0 amide bonds. The number of benzene rings is 1. The number of methoxy groups -OCH3 is 1. The first-order valence-electron chi connectivity index (χ1n) is 6.91. The maximum Gasteiger partial charge on any atom is 0.121 e. The first kappa shape index (κ1) is 14.3. The number of nitrogens with two attached hydrogens (primary N) is 1. The molecule has 2 rings (SSSR count). The van der Waals surface area contributed by atoms with Gasteiger partial charge in [-0.15, -0.1) is 0 Å². The van der Waals surface area contributed by atoms with Crippen LogP contribution in [0.2, 0.25) is 0 Å². The molecule has 2 N–H and O–H groups in total. The second kappa shape index (κ2) is 6.37. The van der Waals surface area contributed by atoms with Crippen molar-refractivity contribution >= 4 is 0 Å². The van der Waals surface area contributed by atoms with Crippen molar-refractivity contribution in [3.8, 4) is 5.75 Å². The zero-order valence-electron chi connectivity index (χ0n) is 12.2. The molecule has 1 aliphatic heterocycles. The van der Waals surface area contributed by atoms with Crippen LogP contribution in [0.5, 0.6) is 5.75 Å². The SMILES string of the molecule is COc1ccc(C(N)CN2CCN(C)CC2)cc1C. The molecule has 1 aromatic carbocycles. The third kappa shape index (κ3) is 3.69. The van der Waals surface area contributed by atoms with Crippen molar-refractivity contribution in [1.82, 2.24) is 9.80 Å². The highest BCUT2D eigenvalue weighted by molar-refractivity contribution is 5.37. The third-order valence-electron chi connectivity index (χ3n) is 3.90. The number of rotatable bonds is 4. The van der Waals surface area contributed by atoms with Crippen LogP contribution >= 0.6 is 0 Å². The summed E-state index contributed by atoms with van der Waals surface area (Å²) in [6.45, 7) is 7.48. The van der Waals surface area contributed by atoms with Crippen molar-refractivity contribution in [1.29, 1.82) is 0 Å². The fourth-order valence-corrected chi connectivity index (χ4v) is 2.55. The second-order valence-corrected chi connectivity index (χ2v) is 5.44. The quantitative estimate of drug-likeness (QED) is 0.888. The predicted octanol–water partition coefficient (Wildman–Crippen LogP) is 1.25. The number of ether oxygens (including phenoxy) is 1. The molecule has 4 heteroatoms. The number of piperazine rings is 1. The van der Waals surface area contributed by atoms with Gasteiger partial charge in [0.2, 0.25) is 0 Å². The average Bonchev–Trinajstić information content (AvgIpc) is 2.41. The maximum absolute atomic E-state index is 6.32. The van der Waals surface area contributed by atoms with E-state index in [2.05, 4.69) is 35.9 Å². The normalized spacial score (nSPS) is 19.4. The molecule has 1 fully saturated rings. The van der Waals surface area contributed by atoms with E-state index < -0.39 is 0 Å². The van der Waals surface area contributed by atoms with E-state index in [1.807, 2.05) is 6.07 Å². The first-order chi connectivity index (χ1) is 9.10. The largest absolute Gasteiger partial charge is 0.496 e. The lowest BCUT2D eigenvalue weighted by Gasteiger charge is -2.34. The van der Waals surface area contributed by atoms with Crippen LogP contribution < -0.4 is 10.5 Å². The van der Waals surface area contributed by atoms with Gasteiger partial charge in [0.15, 0.2) is 0 Å². The van der Waals surface area contributed by atoms with Crippen LogP contribution in [0.3, 0.4) is 0 Å². The summed E-state index contributed by atoms with van der Waals surface area (Å²) in [7, 11) is 3.87. The molecule has 1 saturated heterocycles. The van der Waals surface area contributed by atoms with Crippen molar-refractivity contribution in [2.45, 2.75) is 13.0 Å². The number of nitrogens with zero attached hydrogens (tertiary/aromatic N) is 2. The van der Waals surface area contributed by atoms with Crippen LogP contribution in [-0.4, -0.2) is 56.7 Å². The molecular formula is C15H25N3O. The average molecular weight is 263 g/mol. The van der Waals surface area contributed by atoms with E-state index in [9.17, 15) is 0 Å². The topological polar surface area (TPSA) is 41.7 Å². The summed E-state index contributed by atoms with van der Waals surface area (Å²) in [5.41, 5.74) is 8.66. The summed E-state index contributed by atoms with van der Waals surface area (Å²) in [6, 6.07) is 6.30. The summed E-state index contributed by atoms with van der Waals surface area (Å²) >= 11 is 0. The lowest BCUT2D eigenvalue weighted by molar-refractivity contribution is 0.147. The lowest BCUT2D eigenvalue weighted by Crippen LogP contribution is -2.46. The molecule has 0 bridgehead atoms. The van der Waals surface area contributed by atoms with Crippen LogP contribution in [0.4, 0.5) is 0 Å². The van der Waals surface area contributed by atoms with Crippen LogP contribution in [-0.2, 0) is 0 Å². The molecule has 19 heavy (non-hydrogen) atoms. The molecule has 0 saturated carbocycles. The van der Waals surface area contributed by atoms with Gasteiger partial charge in [0.1, 0.15) is 5.75 Å². The third-order valence-corrected chi connectivity index (χ3v) is 3.90. The first-order valence-corrected chi connectivity index (χ1v) is 6.91. The van der Waals surface area contributed by atoms with E-state index in [1.54, 1.807) is 7.11 Å². The van der Waals surface area contributed by atoms with Crippen molar-refractivity contribution < 1.29 is 4.74 Å². The van der Waals surface area contributed by atoms with Gasteiger partial charge in [0.05, 0.1) is 7.11 Å². The summed E-state index contributed by atoms with van der Waals surface area (Å²) in [6.07, 6.45) is 0. The van der Waals surface area contributed by atoms with Crippen LogP contribution in [0.25, 0.3) is 0 Å². The minimum atomic E-state index is 0.0769. The second-order valence-electron chi connectivity index (χ2n) is 5.44. The number of likely N-dealkylation sites (N-methyl/N-ethyl adjacent to an activating group) is 1. The van der Waals surface area contributed by atoms with Gasteiger partial charge in [-0.1, -0.05) is 12.1 Å². The molecule has 0 aliphatic carbocycles. The highest BCUT2D eigenvalue weighted by Crippen LogP contribution is 2.22. The Labute approximate surface area is 116 Å². The minimum Gasteiger partial charge on any atom is -0.496 e. The van der Waals surface area contributed by atoms with Crippen LogP contribution in [0.1, 0.15) is 17.2 Å². The van der Waals surface area contributed by atoms with Crippen LogP contribution in [0, 0.1) is 6.92 Å².